The summed E-state index contributed by atoms with van der Waals surface area (Å²) in [5, 5.41) is 11.6. The first-order chi connectivity index (χ1) is 31.6. The Balaban J connectivity index is 0.000000182. The summed E-state index contributed by atoms with van der Waals surface area (Å²) in [6.45, 7) is 22.6. The van der Waals surface area contributed by atoms with E-state index in [1.807, 2.05) is 72.1 Å². The van der Waals surface area contributed by atoms with E-state index in [0.29, 0.717) is 5.88 Å². The molecule has 1 aromatic carbocycles. The number of aliphatic hydroxyl groups excluding tert-OH is 1. The van der Waals surface area contributed by atoms with Crippen LogP contribution in [0.3, 0.4) is 0 Å². The Hall–Kier alpha value is -4.36. The maximum Gasteiger partial charge on any atom is 0.494 e. The number of aliphatic hydroxyl groups is 1. The van der Waals surface area contributed by atoms with Crippen LogP contribution in [0.25, 0.3) is 21.8 Å². The van der Waals surface area contributed by atoms with Crippen LogP contribution in [0.4, 0.5) is 14.0 Å². The predicted molar refractivity (Wildman–Crippen MR) is 281 cm³/mol. The average Bonchev–Trinajstić information content (AvgIpc) is 3.60. The number of hydrogen-bond donors (Lipinski definition) is 1. The summed E-state index contributed by atoms with van der Waals surface area (Å²) in [6.07, 6.45) is 10.1. The number of amides is 2. The molecule has 0 atom stereocenters. The van der Waals surface area contributed by atoms with Crippen molar-refractivity contribution in [3.63, 3.8) is 0 Å². The molecule has 1 N–H and O–H groups in total. The lowest BCUT2D eigenvalue weighted by Gasteiger charge is -2.57. The lowest BCUT2D eigenvalue weighted by atomic mass is 9.62. The number of carbonyl (C=O) groups is 2. The van der Waals surface area contributed by atoms with E-state index in [1.54, 1.807) is 22.1 Å². The van der Waals surface area contributed by atoms with Gasteiger partial charge < -0.3 is 43.0 Å². The molecule has 2 amide bonds. The molecule has 18 heteroatoms. The SMILES string of the molecule is C.C.CC(C)(C)OC(=O)N1CC2(CC(O)C2)C1.CC(C)(C)OC(=O)N1CC2(CC(Oc3ccc(Br)cn3)C2)C1.Cn1c2ccncc2c2ccc(B3OC(C)(C)C(C)(C)O3)cc21.Fc1ccc(Br)cn1. The Morgan fingerprint density at radius 3 is 1.70 bits per heavy atom. The third-order valence-electron chi connectivity index (χ3n) is 13.1. The molecule has 4 aromatic heterocycles. The summed E-state index contributed by atoms with van der Waals surface area (Å²) < 4.78 is 44.7. The topological polar surface area (TPSA) is 151 Å². The van der Waals surface area contributed by atoms with Gasteiger partial charge in [0.2, 0.25) is 11.8 Å². The number of likely N-dealkylation sites (tertiary alicyclic amines) is 2. The second kappa shape index (κ2) is 21.4. The van der Waals surface area contributed by atoms with Gasteiger partial charge in [0.1, 0.15) is 17.3 Å². The molecule has 10 rings (SSSR count). The van der Waals surface area contributed by atoms with Crippen LogP contribution in [0.5, 0.6) is 5.88 Å². The Labute approximate surface area is 430 Å². The van der Waals surface area contributed by atoms with E-state index in [-0.39, 0.29) is 68.4 Å². The van der Waals surface area contributed by atoms with Crippen molar-refractivity contribution in [3.8, 4) is 5.88 Å². The number of ether oxygens (including phenoxy) is 3. The molecule has 3 aliphatic heterocycles. The fraction of sp³-hybridized carbons (Fsp3) is 0.558. The Morgan fingerprint density at radius 1 is 0.729 bits per heavy atom. The minimum absolute atomic E-state index is 0. The minimum atomic E-state index is -0.451. The van der Waals surface area contributed by atoms with Gasteiger partial charge >= 0.3 is 19.3 Å². The molecule has 7 heterocycles. The normalized spacial score (nSPS) is 19.2. The summed E-state index contributed by atoms with van der Waals surface area (Å²) >= 11 is 6.47. The maximum atomic E-state index is 12.0. The zero-order valence-electron chi connectivity index (χ0n) is 40.9. The first-order valence-electron chi connectivity index (χ1n) is 23.0. The summed E-state index contributed by atoms with van der Waals surface area (Å²) in [7, 11) is 1.75. The fourth-order valence-corrected chi connectivity index (χ4v) is 9.51. The van der Waals surface area contributed by atoms with Gasteiger partial charge in [-0.1, -0.05) is 27.0 Å². The Morgan fingerprint density at radius 2 is 1.24 bits per heavy atom. The van der Waals surface area contributed by atoms with Crippen molar-refractivity contribution < 1.29 is 42.6 Å². The highest BCUT2D eigenvalue weighted by atomic mass is 79.9. The molecule has 14 nitrogen and oxygen atoms in total. The van der Waals surface area contributed by atoms with Crippen LogP contribution < -0.4 is 10.2 Å². The van der Waals surface area contributed by atoms with E-state index in [1.165, 1.54) is 34.1 Å². The van der Waals surface area contributed by atoms with Gasteiger partial charge in [-0.2, -0.15) is 4.39 Å². The summed E-state index contributed by atoms with van der Waals surface area (Å²) in [6, 6.07) is 15.1. The molecule has 0 radical (unpaired) electrons. The van der Waals surface area contributed by atoms with Gasteiger partial charge in [0.05, 0.1) is 22.8 Å². The molecule has 382 valence electrons. The molecule has 5 aliphatic rings. The minimum Gasteiger partial charge on any atom is -0.474 e. The van der Waals surface area contributed by atoms with Gasteiger partial charge in [0, 0.05) is 100 Å². The first-order valence-corrected chi connectivity index (χ1v) is 24.6. The second-order valence-corrected chi connectivity index (χ2v) is 23.6. The highest BCUT2D eigenvalue weighted by molar-refractivity contribution is 9.10. The van der Waals surface area contributed by atoms with Crippen molar-refractivity contribution in [1.82, 2.24) is 29.3 Å². The van der Waals surface area contributed by atoms with Gasteiger partial charge in [0.25, 0.3) is 0 Å². The van der Waals surface area contributed by atoms with Gasteiger partial charge in [-0.05, 0) is 163 Å². The van der Waals surface area contributed by atoms with Crippen molar-refractivity contribution in [2.75, 3.05) is 26.2 Å². The van der Waals surface area contributed by atoms with E-state index >= 15 is 0 Å². The number of aryl methyl sites for hydroxylation is 1. The number of benzene rings is 1. The van der Waals surface area contributed by atoms with Crippen molar-refractivity contribution >= 4 is 78.4 Å². The largest absolute Gasteiger partial charge is 0.494 e. The molecular weight excluding hydrogens is 1030 g/mol. The highest BCUT2D eigenvalue weighted by Gasteiger charge is 2.56. The molecule has 70 heavy (non-hydrogen) atoms. The highest BCUT2D eigenvalue weighted by Crippen LogP contribution is 2.50. The van der Waals surface area contributed by atoms with Gasteiger partial charge in [-0.3, -0.25) is 4.98 Å². The van der Waals surface area contributed by atoms with Crippen LogP contribution in [0, 0.1) is 16.8 Å². The molecule has 2 spiro atoms. The number of fused-ring (bicyclic) bond motifs is 3. The number of nitrogens with zero attached hydrogens (tertiary/aromatic N) is 6. The zero-order valence-corrected chi connectivity index (χ0v) is 44.1. The van der Waals surface area contributed by atoms with E-state index in [0.717, 1.165) is 66.3 Å². The molecule has 5 fully saturated rings. The molecular formula is C52H72BBr2FN6O8. The van der Waals surface area contributed by atoms with Gasteiger partial charge in [-0.25, -0.2) is 19.6 Å². The third kappa shape index (κ3) is 13.4. The Bertz CT molecular complexity index is 2540. The number of aromatic nitrogens is 4. The van der Waals surface area contributed by atoms with Crippen LogP contribution in [-0.4, -0.2) is 115 Å². The first kappa shape index (κ1) is 56.6. The van der Waals surface area contributed by atoms with Crippen molar-refractivity contribution in [3.05, 3.63) is 88.2 Å². The monoisotopic (exact) mass is 1100 g/mol. The standard InChI is InChI=1S/C18H21BN2O2.C16H21BrN2O3.C11H19NO3.C5H3BrFN.2CH4/c1-17(2)18(3,4)23-19(22-17)12-6-7-13-14-11-20-9-8-15(14)21(5)16(13)10-12;1-15(2,3)22-14(20)19-9-16(10-19)6-12(7-16)21-13-5-4-11(17)8-18-13;1-10(2,3)15-9(14)12-6-11(7-12)4-8(13)5-11;6-4-1-2-5(7)8-3-4;;/h6-11H,1-5H3;4-5,8,12H,6-7,9-10H2,1-3H3;8,13H,4-7H2,1-3H3;1-3H;2*1H4. The van der Waals surface area contributed by atoms with E-state index < -0.39 is 17.1 Å². The zero-order chi connectivity index (χ0) is 49.6. The molecule has 2 aliphatic carbocycles. The summed E-state index contributed by atoms with van der Waals surface area (Å²) in [5.41, 5.74) is 2.35. The van der Waals surface area contributed by atoms with Crippen molar-refractivity contribution in [2.24, 2.45) is 17.9 Å². The number of rotatable bonds is 3. The number of pyridine rings is 3. The Kier molecular flexibility index (Phi) is 17.3. The van der Waals surface area contributed by atoms with E-state index in [9.17, 15) is 19.1 Å². The molecule has 5 aromatic rings. The third-order valence-corrected chi connectivity index (χ3v) is 14.0. The number of carbonyl (C=O) groups excluding carboxylic acids is 2. The lowest BCUT2D eigenvalue weighted by molar-refractivity contribution is -0.124. The van der Waals surface area contributed by atoms with Crippen LogP contribution >= 0.6 is 31.9 Å². The lowest BCUT2D eigenvalue weighted by Crippen LogP contribution is -2.66. The second-order valence-electron chi connectivity index (χ2n) is 21.8. The molecule has 0 bridgehead atoms. The van der Waals surface area contributed by atoms with Crippen LogP contribution in [0.2, 0.25) is 0 Å². The van der Waals surface area contributed by atoms with Gasteiger partial charge in [-0.15, -0.1) is 0 Å². The van der Waals surface area contributed by atoms with E-state index in [4.69, 9.17) is 23.5 Å². The summed E-state index contributed by atoms with van der Waals surface area (Å²) in [4.78, 5) is 38.9. The molecule has 0 unspecified atom stereocenters. The van der Waals surface area contributed by atoms with Crippen molar-refractivity contribution in [1.29, 1.82) is 0 Å². The quantitative estimate of drug-likeness (QED) is 0.136. The van der Waals surface area contributed by atoms with Crippen LogP contribution in [0.15, 0.2) is 82.3 Å². The van der Waals surface area contributed by atoms with Crippen molar-refractivity contribution in [2.45, 2.75) is 144 Å². The van der Waals surface area contributed by atoms with Crippen LogP contribution in [-0.2, 0) is 25.8 Å². The smallest absolute Gasteiger partial charge is 0.474 e. The van der Waals surface area contributed by atoms with Crippen LogP contribution in [0.1, 0.15) is 110 Å². The maximum absolute atomic E-state index is 12.0. The molecule has 2 saturated carbocycles. The number of halogens is 3. The molecule has 3 saturated heterocycles. The summed E-state index contributed by atoms with van der Waals surface area (Å²) in [5.74, 6) is 0.208. The number of hydrogen-bond acceptors (Lipinski definition) is 11. The van der Waals surface area contributed by atoms with Gasteiger partial charge in [0.15, 0.2) is 0 Å². The van der Waals surface area contributed by atoms with E-state index in [2.05, 4.69) is 104 Å². The fourth-order valence-electron chi connectivity index (χ4n) is 9.04. The predicted octanol–water partition coefficient (Wildman–Crippen LogP) is 11.3. The average molecular weight is 1100 g/mol.